The van der Waals surface area contributed by atoms with Gasteiger partial charge in [0.2, 0.25) is 5.91 Å². The van der Waals surface area contributed by atoms with Gasteiger partial charge in [0.1, 0.15) is 11.6 Å². The molecule has 1 aliphatic heterocycles. The summed E-state index contributed by atoms with van der Waals surface area (Å²) >= 11 is 0. The average Bonchev–Trinajstić information content (AvgIpc) is 3.36. The van der Waals surface area contributed by atoms with Crippen LogP contribution in [0.1, 0.15) is 31.2 Å². The van der Waals surface area contributed by atoms with Gasteiger partial charge in [-0.3, -0.25) is 9.36 Å². The Hall–Kier alpha value is -2.17. The van der Waals surface area contributed by atoms with Crippen LogP contribution < -0.4 is 10.6 Å². The number of imidazole rings is 1. The van der Waals surface area contributed by atoms with Crippen molar-refractivity contribution in [3.63, 3.8) is 0 Å². The van der Waals surface area contributed by atoms with E-state index >= 15 is 0 Å². The van der Waals surface area contributed by atoms with Gasteiger partial charge in [0, 0.05) is 38.2 Å². The number of amides is 1. The molecule has 1 saturated heterocycles. The molecule has 1 amide bonds. The first kappa shape index (κ1) is 22.1. The normalized spacial score (nSPS) is 13.9. The lowest BCUT2D eigenvalue weighted by Crippen LogP contribution is -2.44. The minimum atomic E-state index is 0. The number of aromatic nitrogens is 3. The molecule has 0 spiro atoms. The number of halogens is 1. The molecule has 0 aromatic carbocycles. The number of aryl methyl sites for hydroxylation is 1. The van der Waals surface area contributed by atoms with Gasteiger partial charge in [-0.2, -0.15) is 0 Å². The van der Waals surface area contributed by atoms with Crippen molar-refractivity contribution in [1.82, 2.24) is 30.1 Å². The van der Waals surface area contributed by atoms with Gasteiger partial charge in [-0.15, -0.1) is 24.0 Å². The first-order valence-corrected chi connectivity index (χ1v) is 9.42. The molecular formula is C19H28IN7O. The number of nitrogens with one attached hydrogen (secondary N) is 2. The fourth-order valence-corrected chi connectivity index (χ4v) is 3.02. The number of hydrogen-bond donors (Lipinski definition) is 2. The molecule has 1 aliphatic rings. The number of aliphatic imine (C=N–C) groups is 1. The van der Waals surface area contributed by atoms with Crippen molar-refractivity contribution in [3.05, 3.63) is 42.1 Å². The van der Waals surface area contributed by atoms with E-state index in [-0.39, 0.29) is 36.4 Å². The Morgan fingerprint density at radius 1 is 1.21 bits per heavy atom. The van der Waals surface area contributed by atoms with Gasteiger partial charge in [-0.25, -0.2) is 15.0 Å². The second-order valence-electron chi connectivity index (χ2n) is 6.51. The Morgan fingerprint density at radius 3 is 2.61 bits per heavy atom. The summed E-state index contributed by atoms with van der Waals surface area (Å²) in [7, 11) is 0. The second kappa shape index (κ2) is 11.0. The Balaban J connectivity index is 0.00000280. The molecule has 2 N–H and O–H groups in total. The van der Waals surface area contributed by atoms with Gasteiger partial charge in [0.05, 0.1) is 13.1 Å². The lowest BCUT2D eigenvalue weighted by atomic mass is 10.3. The maximum Gasteiger partial charge on any atom is 0.241 e. The van der Waals surface area contributed by atoms with Crippen LogP contribution >= 0.6 is 24.0 Å². The number of carbonyl (C=O) groups excluding carboxylic acids is 1. The van der Waals surface area contributed by atoms with Gasteiger partial charge in [0.25, 0.3) is 0 Å². The minimum Gasteiger partial charge on any atom is -0.357 e. The van der Waals surface area contributed by atoms with E-state index in [0.29, 0.717) is 12.5 Å². The van der Waals surface area contributed by atoms with Gasteiger partial charge in [0.15, 0.2) is 5.96 Å². The van der Waals surface area contributed by atoms with E-state index in [1.165, 1.54) is 0 Å². The van der Waals surface area contributed by atoms with Crippen LogP contribution in [0.15, 0.2) is 35.7 Å². The summed E-state index contributed by atoms with van der Waals surface area (Å²) in [5.74, 6) is 2.49. The van der Waals surface area contributed by atoms with E-state index in [9.17, 15) is 4.79 Å². The van der Waals surface area contributed by atoms with Crippen LogP contribution in [0.3, 0.4) is 0 Å². The van der Waals surface area contributed by atoms with Crippen molar-refractivity contribution in [2.45, 2.75) is 33.2 Å². The van der Waals surface area contributed by atoms with Crippen LogP contribution in [0.5, 0.6) is 0 Å². The number of hydrogen-bond acceptors (Lipinski definition) is 4. The summed E-state index contributed by atoms with van der Waals surface area (Å²) in [5.41, 5.74) is 1.000. The lowest BCUT2D eigenvalue weighted by molar-refractivity contribution is -0.128. The van der Waals surface area contributed by atoms with Crippen molar-refractivity contribution in [3.8, 4) is 5.82 Å². The van der Waals surface area contributed by atoms with Gasteiger partial charge in [-0.1, -0.05) is 6.07 Å². The fraction of sp³-hybridized carbons (Fsp3) is 0.474. The van der Waals surface area contributed by atoms with Crippen molar-refractivity contribution in [1.29, 1.82) is 0 Å². The van der Waals surface area contributed by atoms with Crippen LogP contribution in [-0.4, -0.2) is 57.5 Å². The maximum absolute atomic E-state index is 12.2. The molecule has 0 atom stereocenters. The molecule has 0 bridgehead atoms. The van der Waals surface area contributed by atoms with Gasteiger partial charge < -0.3 is 15.5 Å². The largest absolute Gasteiger partial charge is 0.357 e. The quantitative estimate of drug-likeness (QED) is 0.362. The van der Waals surface area contributed by atoms with Crippen LogP contribution in [0, 0.1) is 6.92 Å². The number of rotatable bonds is 6. The van der Waals surface area contributed by atoms with Crippen LogP contribution in [-0.2, 0) is 11.3 Å². The summed E-state index contributed by atoms with van der Waals surface area (Å²) in [4.78, 5) is 27.3. The molecule has 3 heterocycles. The minimum absolute atomic E-state index is 0. The van der Waals surface area contributed by atoms with Crippen molar-refractivity contribution in [2.24, 2.45) is 4.99 Å². The standard InChI is InChI=1S/C19H27N7O.HI/c1-3-20-19(24-14-18(27)25-9-4-5-10-25)23-13-16-6-7-17(22-12-16)26-11-8-21-15(26)2;/h6-8,11-12H,3-5,9-10,13-14H2,1-2H3,(H2,20,23,24);1H. The summed E-state index contributed by atoms with van der Waals surface area (Å²) < 4.78 is 1.93. The molecule has 8 nitrogen and oxygen atoms in total. The highest BCUT2D eigenvalue weighted by molar-refractivity contribution is 14.0. The molecule has 2 aromatic heterocycles. The Bertz CT molecular complexity index is 782. The van der Waals surface area contributed by atoms with Crippen molar-refractivity contribution < 1.29 is 4.79 Å². The third kappa shape index (κ3) is 5.91. The molecule has 0 unspecified atom stereocenters. The lowest BCUT2D eigenvalue weighted by Gasteiger charge is -2.17. The molecule has 28 heavy (non-hydrogen) atoms. The SMILES string of the molecule is CCNC(=NCc1ccc(-n2ccnc2C)nc1)NCC(=O)N1CCCC1.I. The third-order valence-electron chi connectivity index (χ3n) is 4.51. The molecule has 0 radical (unpaired) electrons. The zero-order valence-corrected chi connectivity index (χ0v) is 18.7. The molecule has 0 saturated carbocycles. The summed E-state index contributed by atoms with van der Waals surface area (Å²) in [6, 6.07) is 3.96. The number of pyridine rings is 1. The number of likely N-dealkylation sites (tertiary alicyclic amines) is 1. The van der Waals surface area contributed by atoms with E-state index in [2.05, 4.69) is 25.6 Å². The Kier molecular flexibility index (Phi) is 8.68. The topological polar surface area (TPSA) is 87.4 Å². The molecule has 152 valence electrons. The third-order valence-corrected chi connectivity index (χ3v) is 4.51. The first-order chi connectivity index (χ1) is 13.2. The fourth-order valence-electron chi connectivity index (χ4n) is 3.02. The monoisotopic (exact) mass is 497 g/mol. The van der Waals surface area contributed by atoms with Gasteiger partial charge in [-0.05, 0) is 38.3 Å². The predicted octanol–water partition coefficient (Wildman–Crippen LogP) is 1.87. The van der Waals surface area contributed by atoms with Crippen LogP contribution in [0.4, 0.5) is 0 Å². The second-order valence-corrected chi connectivity index (χ2v) is 6.51. The van der Waals surface area contributed by atoms with E-state index in [4.69, 9.17) is 0 Å². The molecule has 3 rings (SSSR count). The van der Waals surface area contributed by atoms with E-state index in [1.807, 2.05) is 47.8 Å². The average molecular weight is 497 g/mol. The predicted molar refractivity (Wildman–Crippen MR) is 120 cm³/mol. The maximum atomic E-state index is 12.2. The number of carbonyl (C=O) groups is 1. The summed E-state index contributed by atoms with van der Waals surface area (Å²) in [6.45, 7) is 7.17. The van der Waals surface area contributed by atoms with Crippen LogP contribution in [0.25, 0.3) is 5.82 Å². The first-order valence-electron chi connectivity index (χ1n) is 9.42. The Morgan fingerprint density at radius 2 is 2.00 bits per heavy atom. The summed E-state index contributed by atoms with van der Waals surface area (Å²) in [5, 5.41) is 6.30. The molecule has 0 aliphatic carbocycles. The van der Waals surface area contributed by atoms with Gasteiger partial charge >= 0.3 is 0 Å². The smallest absolute Gasteiger partial charge is 0.241 e. The molecular weight excluding hydrogens is 469 g/mol. The van der Waals surface area contributed by atoms with E-state index in [0.717, 1.165) is 49.7 Å². The van der Waals surface area contributed by atoms with Crippen molar-refractivity contribution in [2.75, 3.05) is 26.2 Å². The molecule has 2 aromatic rings. The van der Waals surface area contributed by atoms with E-state index < -0.39 is 0 Å². The highest BCUT2D eigenvalue weighted by Gasteiger charge is 2.17. The zero-order valence-electron chi connectivity index (χ0n) is 16.4. The van der Waals surface area contributed by atoms with Crippen LogP contribution in [0.2, 0.25) is 0 Å². The number of guanidine groups is 1. The van der Waals surface area contributed by atoms with E-state index in [1.54, 1.807) is 6.20 Å². The summed E-state index contributed by atoms with van der Waals surface area (Å²) in [6.07, 6.45) is 7.66. The Labute approximate surface area is 182 Å². The molecule has 1 fully saturated rings. The highest BCUT2D eigenvalue weighted by atomic mass is 127. The zero-order chi connectivity index (χ0) is 19.1. The molecule has 9 heteroatoms. The highest BCUT2D eigenvalue weighted by Crippen LogP contribution is 2.09. The number of nitrogens with zero attached hydrogens (tertiary/aromatic N) is 5. The van der Waals surface area contributed by atoms with Crippen molar-refractivity contribution >= 4 is 35.8 Å².